The first-order chi connectivity index (χ1) is 15.2. The summed E-state index contributed by atoms with van der Waals surface area (Å²) in [6.07, 6.45) is 3.61. The zero-order chi connectivity index (χ0) is 21.2. The van der Waals surface area contributed by atoms with E-state index in [0.717, 1.165) is 42.5 Å². The molecule has 0 spiro atoms. The van der Waals surface area contributed by atoms with Crippen LogP contribution in [0.5, 0.6) is 5.75 Å². The number of nitrogens with zero attached hydrogens (tertiary/aromatic N) is 4. The molecular formula is C21H21N5O4S. The molecule has 4 heterocycles. The van der Waals surface area contributed by atoms with Gasteiger partial charge in [-0.2, -0.15) is 21.8 Å². The number of morpholine rings is 1. The summed E-state index contributed by atoms with van der Waals surface area (Å²) in [6, 6.07) is 4.40. The van der Waals surface area contributed by atoms with Crippen LogP contribution in [0.4, 0.5) is 11.8 Å². The second kappa shape index (κ2) is 8.56. The van der Waals surface area contributed by atoms with Gasteiger partial charge in [-0.05, 0) is 30.4 Å². The zero-order valence-corrected chi connectivity index (χ0v) is 17.5. The van der Waals surface area contributed by atoms with Crippen molar-refractivity contribution in [3.05, 3.63) is 51.5 Å². The van der Waals surface area contributed by atoms with Crippen LogP contribution < -0.4 is 15.8 Å². The van der Waals surface area contributed by atoms with Gasteiger partial charge in [-0.25, -0.2) is 10.4 Å². The molecule has 2 N–H and O–H groups in total. The van der Waals surface area contributed by atoms with Crippen LogP contribution in [0.1, 0.15) is 16.8 Å². The van der Waals surface area contributed by atoms with Gasteiger partial charge in [-0.15, -0.1) is 0 Å². The van der Waals surface area contributed by atoms with E-state index in [1.165, 1.54) is 30.2 Å². The quantitative estimate of drug-likeness (QED) is 0.467. The third-order valence-electron chi connectivity index (χ3n) is 5.26. The molecule has 2 aliphatic rings. The molecule has 5 rings (SSSR count). The Bertz CT molecular complexity index is 1210. The molecule has 0 atom stereocenters. The fourth-order valence-corrected chi connectivity index (χ4v) is 4.67. The molecule has 1 saturated heterocycles. The number of thioether (sulfide) groups is 1. The van der Waals surface area contributed by atoms with Crippen molar-refractivity contribution >= 4 is 40.7 Å². The average Bonchev–Trinajstić information content (AvgIpc) is 2.81. The van der Waals surface area contributed by atoms with Gasteiger partial charge in [0.25, 0.3) is 0 Å². The van der Waals surface area contributed by atoms with Gasteiger partial charge in [0.1, 0.15) is 23.4 Å². The van der Waals surface area contributed by atoms with Crippen molar-refractivity contribution in [3.63, 3.8) is 0 Å². The summed E-state index contributed by atoms with van der Waals surface area (Å²) in [5.41, 5.74) is 5.46. The van der Waals surface area contributed by atoms with E-state index in [9.17, 15) is 9.90 Å². The molecule has 31 heavy (non-hydrogen) atoms. The Morgan fingerprint density at radius 3 is 3.00 bits per heavy atom. The Morgan fingerprint density at radius 1 is 1.26 bits per heavy atom. The lowest BCUT2D eigenvalue weighted by Crippen LogP contribution is -2.38. The number of hydrazone groups is 1. The summed E-state index contributed by atoms with van der Waals surface area (Å²) >= 11 is 1.89. The van der Waals surface area contributed by atoms with Gasteiger partial charge in [0, 0.05) is 24.4 Å². The minimum atomic E-state index is -0.278. The number of fused-ring (bicyclic) bond motifs is 2. The van der Waals surface area contributed by atoms with E-state index in [4.69, 9.17) is 14.1 Å². The second-order valence-electron chi connectivity index (χ2n) is 7.27. The molecule has 0 amide bonds. The molecule has 0 unspecified atom stereocenters. The Labute approximate surface area is 182 Å². The molecule has 10 heteroatoms. The lowest BCUT2D eigenvalue weighted by atomic mass is 10.1. The van der Waals surface area contributed by atoms with E-state index in [-0.39, 0.29) is 16.7 Å². The molecule has 1 fully saturated rings. The zero-order valence-electron chi connectivity index (χ0n) is 16.7. The van der Waals surface area contributed by atoms with Crippen molar-refractivity contribution in [2.24, 2.45) is 5.10 Å². The van der Waals surface area contributed by atoms with Gasteiger partial charge in [0.2, 0.25) is 11.4 Å². The fourth-order valence-electron chi connectivity index (χ4n) is 3.68. The Hall–Kier alpha value is -3.11. The number of anilines is 2. The SMILES string of the molecule is O=c1c(/C=N/Nc2nc3c(c(N4CCOCC4)n2)CSCC3)coc2ccc(O)cc12. The van der Waals surface area contributed by atoms with E-state index >= 15 is 0 Å². The standard InChI is InChI=1S/C21H21N5O4S/c27-14-1-2-18-15(9-14)19(28)13(11-30-18)10-22-25-21-23-17-3-8-31-12-16(17)20(24-21)26-4-6-29-7-5-26/h1-2,9-11,27H,3-8,12H2,(H,23,24,25)/b22-10+. The largest absolute Gasteiger partial charge is 0.508 e. The van der Waals surface area contributed by atoms with Crippen LogP contribution in [0.2, 0.25) is 0 Å². The number of aryl methyl sites for hydroxylation is 1. The van der Waals surface area contributed by atoms with Crippen molar-refractivity contribution in [3.8, 4) is 5.75 Å². The monoisotopic (exact) mass is 439 g/mol. The van der Waals surface area contributed by atoms with Crippen LogP contribution in [-0.2, 0) is 16.9 Å². The molecule has 0 saturated carbocycles. The van der Waals surface area contributed by atoms with Crippen LogP contribution in [0.15, 0.2) is 38.8 Å². The molecule has 1 aromatic carbocycles. The minimum absolute atomic E-state index is 0.00304. The molecular weight excluding hydrogens is 418 g/mol. The number of phenolic OH excluding ortho intramolecular Hbond substituents is 1. The summed E-state index contributed by atoms with van der Waals surface area (Å²) in [5.74, 6) is 3.25. The van der Waals surface area contributed by atoms with E-state index in [2.05, 4.69) is 20.4 Å². The predicted molar refractivity (Wildman–Crippen MR) is 120 cm³/mol. The van der Waals surface area contributed by atoms with Crippen LogP contribution >= 0.6 is 11.8 Å². The summed E-state index contributed by atoms with van der Waals surface area (Å²) in [7, 11) is 0. The molecule has 2 aromatic heterocycles. The number of phenols is 1. The number of ether oxygens (including phenoxy) is 1. The fraction of sp³-hybridized carbons (Fsp3) is 0.333. The summed E-state index contributed by atoms with van der Waals surface area (Å²) in [4.78, 5) is 24.2. The van der Waals surface area contributed by atoms with Crippen LogP contribution in [0.25, 0.3) is 11.0 Å². The van der Waals surface area contributed by atoms with Gasteiger partial charge in [-0.1, -0.05) is 0 Å². The third-order valence-corrected chi connectivity index (χ3v) is 6.25. The molecule has 0 aliphatic carbocycles. The highest BCUT2D eigenvalue weighted by atomic mass is 32.2. The van der Waals surface area contributed by atoms with E-state index in [0.29, 0.717) is 30.1 Å². The molecule has 0 radical (unpaired) electrons. The van der Waals surface area contributed by atoms with E-state index in [1.807, 2.05) is 11.8 Å². The predicted octanol–water partition coefficient (Wildman–Crippen LogP) is 2.36. The number of aromatic nitrogens is 2. The van der Waals surface area contributed by atoms with Crippen molar-refractivity contribution < 1.29 is 14.3 Å². The van der Waals surface area contributed by atoms with Gasteiger partial charge in [-0.3, -0.25) is 4.79 Å². The summed E-state index contributed by atoms with van der Waals surface area (Å²) in [5, 5.41) is 14.1. The maximum Gasteiger partial charge on any atom is 0.245 e. The summed E-state index contributed by atoms with van der Waals surface area (Å²) < 4.78 is 10.9. The normalized spacial score (nSPS) is 16.6. The Balaban J connectivity index is 1.42. The topological polar surface area (TPSA) is 113 Å². The van der Waals surface area contributed by atoms with Crippen molar-refractivity contribution in [2.45, 2.75) is 12.2 Å². The van der Waals surface area contributed by atoms with Crippen LogP contribution in [0, 0.1) is 0 Å². The number of rotatable bonds is 4. The molecule has 9 nitrogen and oxygen atoms in total. The van der Waals surface area contributed by atoms with Crippen molar-refractivity contribution in [1.29, 1.82) is 0 Å². The minimum Gasteiger partial charge on any atom is -0.508 e. The number of benzene rings is 1. The first kappa shape index (κ1) is 19.8. The van der Waals surface area contributed by atoms with Gasteiger partial charge in [0.05, 0.1) is 36.1 Å². The van der Waals surface area contributed by atoms with Crippen molar-refractivity contribution in [1.82, 2.24) is 9.97 Å². The summed E-state index contributed by atoms with van der Waals surface area (Å²) in [6.45, 7) is 2.95. The number of aromatic hydroxyl groups is 1. The van der Waals surface area contributed by atoms with Crippen LogP contribution in [0.3, 0.4) is 0 Å². The van der Waals surface area contributed by atoms with Gasteiger partial charge < -0.3 is 19.2 Å². The highest BCUT2D eigenvalue weighted by Gasteiger charge is 2.23. The molecule has 3 aromatic rings. The van der Waals surface area contributed by atoms with Gasteiger partial charge >= 0.3 is 0 Å². The lowest BCUT2D eigenvalue weighted by Gasteiger charge is -2.31. The molecule has 2 aliphatic heterocycles. The van der Waals surface area contributed by atoms with E-state index in [1.54, 1.807) is 6.07 Å². The third kappa shape index (κ3) is 4.08. The first-order valence-corrected chi connectivity index (χ1v) is 11.2. The highest BCUT2D eigenvalue weighted by Crippen LogP contribution is 2.31. The first-order valence-electron chi connectivity index (χ1n) is 10.0. The average molecular weight is 439 g/mol. The smallest absolute Gasteiger partial charge is 0.245 e. The Kier molecular flexibility index (Phi) is 5.47. The maximum atomic E-state index is 12.6. The van der Waals surface area contributed by atoms with Crippen molar-refractivity contribution in [2.75, 3.05) is 42.4 Å². The molecule has 0 bridgehead atoms. The van der Waals surface area contributed by atoms with E-state index < -0.39 is 0 Å². The lowest BCUT2D eigenvalue weighted by molar-refractivity contribution is 0.122. The number of hydrogen-bond acceptors (Lipinski definition) is 10. The second-order valence-corrected chi connectivity index (χ2v) is 8.37. The maximum absolute atomic E-state index is 12.6. The van der Waals surface area contributed by atoms with Crippen LogP contribution in [-0.4, -0.2) is 53.3 Å². The number of hydrogen-bond donors (Lipinski definition) is 2. The van der Waals surface area contributed by atoms with Gasteiger partial charge in [0.15, 0.2) is 0 Å². The highest BCUT2D eigenvalue weighted by molar-refractivity contribution is 7.98. The molecule has 160 valence electrons. The Morgan fingerprint density at radius 2 is 2.13 bits per heavy atom. The number of nitrogens with one attached hydrogen (secondary N) is 1.